The van der Waals surface area contributed by atoms with Gasteiger partial charge in [-0.1, -0.05) is 12.1 Å². The number of nitrogens with zero attached hydrogens (tertiary/aromatic N) is 2. The predicted molar refractivity (Wildman–Crippen MR) is 109 cm³/mol. The average Bonchev–Trinajstić information content (AvgIpc) is 2.63. The fourth-order valence-corrected chi connectivity index (χ4v) is 2.59. The van der Waals surface area contributed by atoms with Crippen LogP contribution in [0.5, 0.6) is 11.5 Å². The van der Waals surface area contributed by atoms with Gasteiger partial charge in [0.15, 0.2) is 0 Å². The van der Waals surface area contributed by atoms with Crippen molar-refractivity contribution in [3.05, 3.63) is 60.3 Å². The maximum Gasteiger partial charge on any atom is 0.229 e. The van der Waals surface area contributed by atoms with Gasteiger partial charge >= 0.3 is 0 Å². The summed E-state index contributed by atoms with van der Waals surface area (Å²) in [7, 11) is 1.64. The predicted octanol–water partition coefficient (Wildman–Crippen LogP) is 5.07. The van der Waals surface area contributed by atoms with Gasteiger partial charge in [0, 0.05) is 17.4 Å². The molecule has 2 aromatic carbocycles. The molecular formula is C21H24N4O2. The van der Waals surface area contributed by atoms with Crippen molar-refractivity contribution < 1.29 is 9.47 Å². The molecule has 27 heavy (non-hydrogen) atoms. The van der Waals surface area contributed by atoms with Crippen LogP contribution in [0.4, 0.5) is 23.1 Å². The minimum atomic E-state index is 0.150. The lowest BCUT2D eigenvalue weighted by atomic mass is 10.3. The van der Waals surface area contributed by atoms with Gasteiger partial charge in [-0.05, 0) is 57.2 Å². The van der Waals surface area contributed by atoms with Crippen LogP contribution in [0.15, 0.2) is 54.6 Å². The number of anilines is 4. The zero-order chi connectivity index (χ0) is 19.2. The summed E-state index contributed by atoms with van der Waals surface area (Å²) in [6.45, 7) is 5.94. The number of methoxy groups -OCH3 is 1. The SMILES string of the molecule is COc1ccccc1Nc1nc(C)cc(Nc2ccc(OC(C)C)cc2)n1. The van der Waals surface area contributed by atoms with Gasteiger partial charge in [0.25, 0.3) is 0 Å². The van der Waals surface area contributed by atoms with Crippen molar-refractivity contribution in [1.29, 1.82) is 0 Å². The molecule has 3 aromatic rings. The topological polar surface area (TPSA) is 68.3 Å². The highest BCUT2D eigenvalue weighted by atomic mass is 16.5. The Kier molecular flexibility index (Phi) is 5.76. The monoisotopic (exact) mass is 364 g/mol. The zero-order valence-electron chi connectivity index (χ0n) is 16.0. The molecule has 140 valence electrons. The highest BCUT2D eigenvalue weighted by Crippen LogP contribution is 2.27. The molecule has 0 spiro atoms. The van der Waals surface area contributed by atoms with Crippen LogP contribution in [0.2, 0.25) is 0 Å². The zero-order valence-corrected chi connectivity index (χ0v) is 16.0. The average molecular weight is 364 g/mol. The van der Waals surface area contributed by atoms with Crippen molar-refractivity contribution in [2.45, 2.75) is 26.9 Å². The fourth-order valence-electron chi connectivity index (χ4n) is 2.59. The number of hydrogen-bond acceptors (Lipinski definition) is 6. The lowest BCUT2D eigenvalue weighted by molar-refractivity contribution is 0.242. The smallest absolute Gasteiger partial charge is 0.229 e. The molecule has 0 aliphatic rings. The third kappa shape index (κ3) is 5.10. The molecule has 0 aliphatic carbocycles. The van der Waals surface area contributed by atoms with Gasteiger partial charge in [0.05, 0.1) is 18.9 Å². The molecule has 2 N–H and O–H groups in total. The van der Waals surface area contributed by atoms with Gasteiger partial charge in [-0.25, -0.2) is 4.98 Å². The van der Waals surface area contributed by atoms with E-state index in [0.717, 1.165) is 28.6 Å². The normalized spacial score (nSPS) is 10.6. The van der Waals surface area contributed by atoms with Gasteiger partial charge in [0.2, 0.25) is 5.95 Å². The van der Waals surface area contributed by atoms with Crippen LogP contribution < -0.4 is 20.1 Å². The van der Waals surface area contributed by atoms with E-state index in [0.29, 0.717) is 11.8 Å². The van der Waals surface area contributed by atoms with Crippen LogP contribution in [0.1, 0.15) is 19.5 Å². The molecule has 0 saturated heterocycles. The highest BCUT2D eigenvalue weighted by Gasteiger charge is 2.07. The van der Waals surface area contributed by atoms with Gasteiger partial charge in [-0.2, -0.15) is 4.98 Å². The van der Waals surface area contributed by atoms with Crippen molar-refractivity contribution in [1.82, 2.24) is 9.97 Å². The number of para-hydroxylation sites is 2. The van der Waals surface area contributed by atoms with Gasteiger partial charge < -0.3 is 20.1 Å². The summed E-state index contributed by atoms with van der Waals surface area (Å²) in [6, 6.07) is 17.3. The Hall–Kier alpha value is -3.28. The summed E-state index contributed by atoms with van der Waals surface area (Å²) in [5.74, 6) is 2.78. The first-order chi connectivity index (χ1) is 13.0. The van der Waals surface area contributed by atoms with Crippen LogP contribution in [-0.2, 0) is 0 Å². The molecule has 0 fully saturated rings. The van der Waals surface area contributed by atoms with E-state index in [1.807, 2.05) is 75.4 Å². The van der Waals surface area contributed by atoms with E-state index >= 15 is 0 Å². The van der Waals surface area contributed by atoms with E-state index in [-0.39, 0.29) is 6.10 Å². The Morgan fingerprint density at radius 1 is 0.926 bits per heavy atom. The van der Waals surface area contributed by atoms with Crippen molar-refractivity contribution in [2.75, 3.05) is 17.7 Å². The fraction of sp³-hybridized carbons (Fsp3) is 0.238. The number of aromatic nitrogens is 2. The summed E-state index contributed by atoms with van der Waals surface area (Å²) in [5.41, 5.74) is 2.59. The van der Waals surface area contributed by atoms with Crippen molar-refractivity contribution in [3.63, 3.8) is 0 Å². The minimum Gasteiger partial charge on any atom is -0.495 e. The first kappa shape index (κ1) is 18.5. The lowest BCUT2D eigenvalue weighted by Gasteiger charge is -2.13. The van der Waals surface area contributed by atoms with Crippen LogP contribution in [0.25, 0.3) is 0 Å². The number of benzene rings is 2. The van der Waals surface area contributed by atoms with Gasteiger partial charge in [-0.15, -0.1) is 0 Å². The summed E-state index contributed by atoms with van der Waals surface area (Å²) in [5, 5.41) is 6.52. The van der Waals surface area contributed by atoms with E-state index in [4.69, 9.17) is 9.47 Å². The third-order valence-corrected chi connectivity index (χ3v) is 3.71. The second kappa shape index (κ2) is 8.40. The molecule has 0 radical (unpaired) electrons. The summed E-state index contributed by atoms with van der Waals surface area (Å²) >= 11 is 0. The summed E-state index contributed by atoms with van der Waals surface area (Å²) < 4.78 is 11.0. The molecular weight excluding hydrogens is 340 g/mol. The second-order valence-corrected chi connectivity index (χ2v) is 6.36. The molecule has 0 saturated carbocycles. The van der Waals surface area contributed by atoms with E-state index < -0.39 is 0 Å². The third-order valence-electron chi connectivity index (χ3n) is 3.71. The molecule has 1 heterocycles. The number of nitrogens with one attached hydrogen (secondary N) is 2. The Balaban J connectivity index is 1.77. The molecule has 1 aromatic heterocycles. The molecule has 3 rings (SSSR count). The lowest BCUT2D eigenvalue weighted by Crippen LogP contribution is -2.05. The van der Waals surface area contributed by atoms with E-state index in [1.165, 1.54) is 0 Å². The second-order valence-electron chi connectivity index (χ2n) is 6.36. The Bertz CT molecular complexity index is 895. The largest absolute Gasteiger partial charge is 0.495 e. The standard InChI is InChI=1S/C21H24N4O2/c1-14(2)27-17-11-9-16(10-12-17)23-20-13-15(3)22-21(25-20)24-18-7-5-6-8-19(18)26-4/h5-14H,1-4H3,(H2,22,23,24,25). The molecule has 0 bridgehead atoms. The van der Waals surface area contributed by atoms with E-state index in [9.17, 15) is 0 Å². The van der Waals surface area contributed by atoms with Crippen molar-refractivity contribution in [3.8, 4) is 11.5 Å². The molecule has 0 atom stereocenters. The maximum atomic E-state index is 5.67. The molecule has 6 nitrogen and oxygen atoms in total. The molecule has 0 aliphatic heterocycles. The highest BCUT2D eigenvalue weighted by molar-refractivity contribution is 5.64. The minimum absolute atomic E-state index is 0.150. The Morgan fingerprint density at radius 2 is 1.67 bits per heavy atom. The van der Waals surface area contributed by atoms with E-state index in [1.54, 1.807) is 7.11 Å². The first-order valence-electron chi connectivity index (χ1n) is 8.83. The van der Waals surface area contributed by atoms with Crippen LogP contribution in [0, 0.1) is 6.92 Å². The van der Waals surface area contributed by atoms with Gasteiger partial charge in [0.1, 0.15) is 17.3 Å². The maximum absolute atomic E-state index is 5.67. The molecule has 6 heteroatoms. The quantitative estimate of drug-likeness (QED) is 0.610. The van der Waals surface area contributed by atoms with Crippen LogP contribution >= 0.6 is 0 Å². The van der Waals surface area contributed by atoms with E-state index in [2.05, 4.69) is 20.6 Å². The Labute approximate surface area is 159 Å². The summed E-state index contributed by atoms with van der Waals surface area (Å²) in [4.78, 5) is 9.01. The summed E-state index contributed by atoms with van der Waals surface area (Å²) in [6.07, 6.45) is 0.150. The van der Waals surface area contributed by atoms with Crippen LogP contribution in [0.3, 0.4) is 0 Å². The first-order valence-corrected chi connectivity index (χ1v) is 8.83. The Morgan fingerprint density at radius 3 is 2.37 bits per heavy atom. The molecule has 0 unspecified atom stereocenters. The molecule has 0 amide bonds. The number of aryl methyl sites for hydroxylation is 1. The van der Waals surface area contributed by atoms with Crippen molar-refractivity contribution >= 4 is 23.1 Å². The van der Waals surface area contributed by atoms with Crippen molar-refractivity contribution in [2.24, 2.45) is 0 Å². The number of hydrogen-bond donors (Lipinski definition) is 2. The van der Waals surface area contributed by atoms with Crippen LogP contribution in [-0.4, -0.2) is 23.2 Å². The van der Waals surface area contributed by atoms with Gasteiger partial charge in [-0.3, -0.25) is 0 Å². The number of rotatable bonds is 7. The number of ether oxygens (including phenoxy) is 2.